The van der Waals surface area contributed by atoms with Crippen LogP contribution >= 0.6 is 0 Å². The number of nitrogens with one attached hydrogen (secondary N) is 1. The van der Waals surface area contributed by atoms with Crippen molar-refractivity contribution in [2.45, 2.75) is 18.9 Å². The van der Waals surface area contributed by atoms with Gasteiger partial charge in [-0.15, -0.1) is 5.10 Å². The van der Waals surface area contributed by atoms with E-state index in [0.29, 0.717) is 17.9 Å². The molecule has 0 bridgehead atoms. The normalized spacial score (nSPS) is 24.8. The molecule has 1 aromatic rings. The Kier molecular flexibility index (Phi) is 1.78. The summed E-state index contributed by atoms with van der Waals surface area (Å²) in [6.07, 6.45) is 4.51. The maximum atomic E-state index is 6.01. The molecule has 0 spiro atoms. The molecule has 0 saturated heterocycles. The number of hydrogen-bond acceptors (Lipinski definition) is 4. The van der Waals surface area contributed by atoms with Crippen molar-refractivity contribution in [3.05, 3.63) is 11.8 Å². The van der Waals surface area contributed by atoms with Crippen LogP contribution in [0.5, 0.6) is 0 Å². The third-order valence-electron chi connectivity index (χ3n) is 2.43. The molecule has 1 aliphatic rings. The summed E-state index contributed by atoms with van der Waals surface area (Å²) in [4.78, 5) is 0. The van der Waals surface area contributed by atoms with Crippen LogP contribution in [0.15, 0.2) is 6.08 Å². The van der Waals surface area contributed by atoms with Gasteiger partial charge in [-0.2, -0.15) is 0 Å². The molecule has 0 amide bonds. The summed E-state index contributed by atoms with van der Waals surface area (Å²) in [6, 6.07) is 0. The molecule has 0 radical (unpaired) electrons. The van der Waals surface area contributed by atoms with Gasteiger partial charge in [-0.3, -0.25) is 0 Å². The molecular formula is C9H15N5. The Morgan fingerprint density at radius 1 is 1.64 bits per heavy atom. The molecule has 2 rings (SSSR count). The van der Waals surface area contributed by atoms with Gasteiger partial charge >= 0.3 is 0 Å². The molecule has 5 nitrogen and oxygen atoms in total. The zero-order chi connectivity index (χ0) is 10.3. The Labute approximate surface area is 82.8 Å². The van der Waals surface area contributed by atoms with Gasteiger partial charge < -0.3 is 16.8 Å². The summed E-state index contributed by atoms with van der Waals surface area (Å²) < 4.78 is 1.77. The van der Waals surface area contributed by atoms with Crippen LogP contribution in [-0.2, 0) is 6.42 Å². The first-order chi connectivity index (χ1) is 6.53. The van der Waals surface area contributed by atoms with Crippen LogP contribution in [-0.4, -0.2) is 22.4 Å². The Morgan fingerprint density at radius 2 is 2.36 bits per heavy atom. The van der Waals surface area contributed by atoms with Gasteiger partial charge in [0.2, 0.25) is 0 Å². The van der Waals surface area contributed by atoms with Gasteiger partial charge in [0.15, 0.2) is 5.82 Å². The first-order valence-electron chi connectivity index (χ1n) is 4.56. The van der Waals surface area contributed by atoms with Crippen molar-refractivity contribution in [3.8, 4) is 0 Å². The van der Waals surface area contributed by atoms with Crippen molar-refractivity contribution < 1.29 is 0 Å². The summed E-state index contributed by atoms with van der Waals surface area (Å²) in [5, 5.41) is 7.22. The highest BCUT2D eigenvalue weighted by molar-refractivity contribution is 5.67. The van der Waals surface area contributed by atoms with E-state index in [1.165, 1.54) is 0 Å². The van der Waals surface area contributed by atoms with E-state index >= 15 is 0 Å². The SMILES string of the molecule is CNc1nn2c(c1N)CC(C)(N)C=C2. The molecule has 0 aromatic carbocycles. The summed E-state index contributed by atoms with van der Waals surface area (Å²) >= 11 is 0. The highest BCUT2D eigenvalue weighted by Gasteiger charge is 2.25. The summed E-state index contributed by atoms with van der Waals surface area (Å²) in [5.41, 5.74) is 13.3. The van der Waals surface area contributed by atoms with Gasteiger partial charge in [-0.25, -0.2) is 4.68 Å². The third-order valence-corrected chi connectivity index (χ3v) is 2.43. The Balaban J connectivity index is 2.49. The van der Waals surface area contributed by atoms with E-state index < -0.39 is 0 Å². The fraction of sp³-hybridized carbons (Fsp3) is 0.444. The standard InChI is InChI=1S/C9H15N5/c1-9(11)3-4-14-6(5-9)7(10)8(12-2)13-14/h3-4H,5,10-11H2,1-2H3,(H,12,13). The highest BCUT2D eigenvalue weighted by Crippen LogP contribution is 2.28. The van der Waals surface area contributed by atoms with Gasteiger partial charge in [0.1, 0.15) is 0 Å². The maximum Gasteiger partial charge on any atom is 0.171 e. The van der Waals surface area contributed by atoms with E-state index in [-0.39, 0.29) is 5.54 Å². The predicted octanol–water partition coefficient (Wildman–Crippen LogP) is 0.251. The van der Waals surface area contributed by atoms with Crippen LogP contribution in [0.1, 0.15) is 12.6 Å². The number of nitrogens with zero attached hydrogens (tertiary/aromatic N) is 2. The number of fused-ring (bicyclic) bond motifs is 1. The minimum absolute atomic E-state index is 0.324. The van der Waals surface area contributed by atoms with Crippen LogP contribution in [0.25, 0.3) is 6.20 Å². The lowest BCUT2D eigenvalue weighted by Crippen LogP contribution is -2.39. The Bertz CT molecular complexity index is 388. The maximum absolute atomic E-state index is 6.01. The van der Waals surface area contributed by atoms with Gasteiger partial charge in [-0.05, 0) is 13.0 Å². The van der Waals surface area contributed by atoms with Crippen molar-refractivity contribution in [3.63, 3.8) is 0 Å². The molecule has 2 heterocycles. The van der Waals surface area contributed by atoms with E-state index in [1.54, 1.807) is 11.7 Å². The van der Waals surface area contributed by atoms with Gasteiger partial charge in [0.05, 0.1) is 11.4 Å². The van der Waals surface area contributed by atoms with Crippen molar-refractivity contribution in [1.29, 1.82) is 0 Å². The zero-order valence-electron chi connectivity index (χ0n) is 8.41. The smallest absolute Gasteiger partial charge is 0.171 e. The molecule has 0 fully saturated rings. The van der Waals surface area contributed by atoms with Crippen molar-refractivity contribution >= 4 is 17.7 Å². The number of nitrogens with two attached hydrogens (primary N) is 2. The third kappa shape index (κ3) is 1.26. The van der Waals surface area contributed by atoms with Crippen LogP contribution in [0.3, 0.4) is 0 Å². The Morgan fingerprint density at radius 3 is 3.00 bits per heavy atom. The van der Waals surface area contributed by atoms with E-state index in [4.69, 9.17) is 11.5 Å². The molecule has 1 aliphatic heterocycles. The van der Waals surface area contributed by atoms with Gasteiger partial charge in [-0.1, -0.05) is 0 Å². The molecule has 76 valence electrons. The molecule has 5 heteroatoms. The number of rotatable bonds is 1. The van der Waals surface area contributed by atoms with E-state index in [0.717, 1.165) is 5.69 Å². The fourth-order valence-corrected chi connectivity index (χ4v) is 1.63. The summed E-state index contributed by atoms with van der Waals surface area (Å²) in [6.45, 7) is 1.97. The Hall–Kier alpha value is -1.49. The van der Waals surface area contributed by atoms with E-state index in [1.807, 2.05) is 19.2 Å². The quantitative estimate of drug-likeness (QED) is 0.597. The molecular weight excluding hydrogens is 178 g/mol. The topological polar surface area (TPSA) is 81.9 Å². The first kappa shape index (κ1) is 9.08. The monoisotopic (exact) mass is 193 g/mol. The van der Waals surface area contributed by atoms with E-state index in [2.05, 4.69) is 10.4 Å². The molecule has 1 atom stereocenters. The average Bonchev–Trinajstić information content (AvgIpc) is 2.42. The number of nitrogen functional groups attached to an aromatic ring is 1. The first-order valence-corrected chi connectivity index (χ1v) is 4.56. The van der Waals surface area contributed by atoms with Crippen LogP contribution in [0.2, 0.25) is 0 Å². The minimum atomic E-state index is -0.324. The lowest BCUT2D eigenvalue weighted by atomic mass is 9.94. The zero-order valence-corrected chi connectivity index (χ0v) is 8.41. The second kappa shape index (κ2) is 2.75. The fourth-order valence-electron chi connectivity index (χ4n) is 1.63. The second-order valence-electron chi connectivity index (χ2n) is 3.90. The predicted molar refractivity (Wildman–Crippen MR) is 57.8 cm³/mol. The van der Waals surface area contributed by atoms with Crippen LogP contribution in [0.4, 0.5) is 11.5 Å². The van der Waals surface area contributed by atoms with Crippen molar-refractivity contribution in [1.82, 2.24) is 9.78 Å². The minimum Gasteiger partial charge on any atom is -0.394 e. The van der Waals surface area contributed by atoms with Crippen LogP contribution < -0.4 is 16.8 Å². The van der Waals surface area contributed by atoms with Gasteiger partial charge in [0.25, 0.3) is 0 Å². The summed E-state index contributed by atoms with van der Waals surface area (Å²) in [5.74, 6) is 0.711. The summed E-state index contributed by atoms with van der Waals surface area (Å²) in [7, 11) is 1.80. The molecule has 5 N–H and O–H groups in total. The highest BCUT2D eigenvalue weighted by atomic mass is 15.3. The molecule has 1 unspecified atom stereocenters. The molecule has 1 aromatic heterocycles. The van der Waals surface area contributed by atoms with Crippen LogP contribution in [0, 0.1) is 0 Å². The second-order valence-corrected chi connectivity index (χ2v) is 3.90. The van der Waals surface area contributed by atoms with Crippen molar-refractivity contribution in [2.75, 3.05) is 18.1 Å². The van der Waals surface area contributed by atoms with Gasteiger partial charge in [0, 0.05) is 25.2 Å². The number of aromatic nitrogens is 2. The average molecular weight is 193 g/mol. The lowest BCUT2D eigenvalue weighted by Gasteiger charge is -2.24. The molecule has 0 aliphatic carbocycles. The number of anilines is 2. The molecule has 14 heavy (non-hydrogen) atoms. The molecule has 0 saturated carbocycles. The lowest BCUT2D eigenvalue weighted by molar-refractivity contribution is 0.550. The van der Waals surface area contributed by atoms with E-state index in [9.17, 15) is 0 Å². The largest absolute Gasteiger partial charge is 0.394 e. The van der Waals surface area contributed by atoms with Crippen molar-refractivity contribution in [2.24, 2.45) is 5.73 Å². The number of hydrogen-bond donors (Lipinski definition) is 3.